The van der Waals surface area contributed by atoms with Crippen LogP contribution in [-0.4, -0.2) is 13.0 Å². The molecule has 2 rings (SSSR count). The standard InChI is InChI=1S/C13H14N4O2S/c1-8-9(2)17(13(15)12(8)7-14)10-4-3-5-11(6-10)20(16,18)19/h3-6H,15H2,1-2H3,(H2,16,18,19). The number of hydrogen-bond donors (Lipinski definition) is 2. The molecule has 0 aliphatic rings. The van der Waals surface area contributed by atoms with Crippen LogP contribution in [0.3, 0.4) is 0 Å². The van der Waals surface area contributed by atoms with E-state index in [4.69, 9.17) is 16.1 Å². The number of rotatable bonds is 2. The van der Waals surface area contributed by atoms with Gasteiger partial charge in [0.2, 0.25) is 10.0 Å². The van der Waals surface area contributed by atoms with Gasteiger partial charge in [0.1, 0.15) is 11.9 Å². The Morgan fingerprint density at radius 2 is 1.95 bits per heavy atom. The molecule has 0 atom stereocenters. The lowest BCUT2D eigenvalue weighted by Crippen LogP contribution is -2.13. The van der Waals surface area contributed by atoms with Gasteiger partial charge in [0.25, 0.3) is 0 Å². The van der Waals surface area contributed by atoms with Gasteiger partial charge in [-0.1, -0.05) is 6.07 Å². The molecular formula is C13H14N4O2S. The predicted molar refractivity (Wildman–Crippen MR) is 75.7 cm³/mol. The summed E-state index contributed by atoms with van der Waals surface area (Å²) in [7, 11) is -3.79. The van der Waals surface area contributed by atoms with E-state index in [-0.39, 0.29) is 10.7 Å². The highest BCUT2D eigenvalue weighted by Gasteiger charge is 2.17. The highest BCUT2D eigenvalue weighted by Crippen LogP contribution is 2.28. The summed E-state index contributed by atoms with van der Waals surface area (Å²) in [6, 6.07) is 8.17. The molecule has 7 heteroatoms. The van der Waals surface area contributed by atoms with Crippen LogP contribution in [-0.2, 0) is 10.0 Å². The molecule has 0 aliphatic heterocycles. The van der Waals surface area contributed by atoms with E-state index in [0.29, 0.717) is 11.3 Å². The van der Waals surface area contributed by atoms with Crippen LogP contribution in [0.2, 0.25) is 0 Å². The van der Waals surface area contributed by atoms with Crippen LogP contribution in [0.5, 0.6) is 0 Å². The van der Waals surface area contributed by atoms with Crippen molar-refractivity contribution in [1.29, 1.82) is 5.26 Å². The number of anilines is 1. The number of aromatic nitrogens is 1. The second-order valence-corrected chi connectivity index (χ2v) is 6.02. The number of benzene rings is 1. The molecule has 4 N–H and O–H groups in total. The van der Waals surface area contributed by atoms with Crippen molar-refractivity contribution in [3.05, 3.63) is 41.1 Å². The molecule has 20 heavy (non-hydrogen) atoms. The zero-order valence-corrected chi connectivity index (χ0v) is 11.9. The first kappa shape index (κ1) is 14.1. The van der Waals surface area contributed by atoms with Gasteiger partial charge in [-0.3, -0.25) is 4.57 Å². The number of primary sulfonamides is 1. The Bertz CT molecular complexity index is 829. The van der Waals surface area contributed by atoms with E-state index in [9.17, 15) is 8.42 Å². The van der Waals surface area contributed by atoms with Crippen LogP contribution >= 0.6 is 0 Å². The Balaban J connectivity index is 2.74. The lowest BCUT2D eigenvalue weighted by Gasteiger charge is -2.10. The molecule has 1 aromatic carbocycles. The normalized spacial score (nSPS) is 11.3. The van der Waals surface area contributed by atoms with Crippen molar-refractivity contribution in [2.24, 2.45) is 5.14 Å². The number of nitrogen functional groups attached to an aromatic ring is 1. The van der Waals surface area contributed by atoms with Gasteiger partial charge < -0.3 is 5.73 Å². The predicted octanol–water partition coefficient (Wildman–Crippen LogP) is 1.20. The van der Waals surface area contributed by atoms with Crippen LogP contribution in [0.25, 0.3) is 5.69 Å². The molecule has 0 aliphatic carbocycles. The molecule has 0 fully saturated rings. The third kappa shape index (κ3) is 2.15. The number of nitrogens with two attached hydrogens (primary N) is 2. The molecule has 0 radical (unpaired) electrons. The first-order chi connectivity index (χ1) is 9.27. The molecule has 2 aromatic rings. The van der Waals surface area contributed by atoms with E-state index in [0.717, 1.165) is 11.3 Å². The lowest BCUT2D eigenvalue weighted by atomic mass is 10.2. The van der Waals surface area contributed by atoms with Gasteiger partial charge in [0.05, 0.1) is 10.5 Å². The molecular weight excluding hydrogens is 276 g/mol. The molecule has 1 heterocycles. The minimum Gasteiger partial charge on any atom is -0.384 e. The zero-order valence-electron chi connectivity index (χ0n) is 11.1. The summed E-state index contributed by atoms with van der Waals surface area (Å²) in [5.74, 6) is 0.286. The SMILES string of the molecule is Cc1c(C#N)c(N)n(-c2cccc(S(N)(=O)=O)c2)c1C. The van der Waals surface area contributed by atoms with Crippen molar-refractivity contribution < 1.29 is 8.42 Å². The molecule has 1 aromatic heterocycles. The van der Waals surface area contributed by atoms with Gasteiger partial charge in [0, 0.05) is 11.4 Å². The minimum absolute atomic E-state index is 0.00124. The Labute approximate surface area is 117 Å². The first-order valence-corrected chi connectivity index (χ1v) is 7.32. The van der Waals surface area contributed by atoms with Crippen molar-refractivity contribution in [2.75, 3.05) is 5.73 Å². The van der Waals surface area contributed by atoms with Gasteiger partial charge in [-0.15, -0.1) is 0 Å². The minimum atomic E-state index is -3.79. The molecule has 104 valence electrons. The van der Waals surface area contributed by atoms with Gasteiger partial charge in [-0.05, 0) is 37.6 Å². The second-order valence-electron chi connectivity index (χ2n) is 4.46. The Hall–Kier alpha value is -2.30. The summed E-state index contributed by atoms with van der Waals surface area (Å²) >= 11 is 0. The van der Waals surface area contributed by atoms with E-state index in [1.807, 2.05) is 6.92 Å². The average molecular weight is 290 g/mol. The lowest BCUT2D eigenvalue weighted by molar-refractivity contribution is 0.597. The number of hydrogen-bond acceptors (Lipinski definition) is 4. The van der Waals surface area contributed by atoms with Gasteiger partial charge >= 0.3 is 0 Å². The van der Waals surface area contributed by atoms with Crippen molar-refractivity contribution in [2.45, 2.75) is 18.7 Å². The highest BCUT2D eigenvalue weighted by molar-refractivity contribution is 7.89. The van der Waals surface area contributed by atoms with Gasteiger partial charge in [-0.25, -0.2) is 13.6 Å². The van der Waals surface area contributed by atoms with E-state index in [2.05, 4.69) is 6.07 Å². The van der Waals surface area contributed by atoms with Crippen LogP contribution < -0.4 is 10.9 Å². The fourth-order valence-electron chi connectivity index (χ4n) is 2.11. The maximum absolute atomic E-state index is 11.4. The van der Waals surface area contributed by atoms with Crippen molar-refractivity contribution in [3.8, 4) is 11.8 Å². The van der Waals surface area contributed by atoms with Crippen LogP contribution in [0, 0.1) is 25.2 Å². The number of sulfonamides is 1. The molecule has 0 spiro atoms. The average Bonchev–Trinajstić information content (AvgIpc) is 2.59. The molecule has 0 bridgehead atoms. The van der Waals surface area contributed by atoms with Crippen molar-refractivity contribution in [3.63, 3.8) is 0 Å². The first-order valence-electron chi connectivity index (χ1n) is 5.78. The Morgan fingerprint density at radius 1 is 1.30 bits per heavy atom. The largest absolute Gasteiger partial charge is 0.384 e. The maximum Gasteiger partial charge on any atom is 0.238 e. The van der Waals surface area contributed by atoms with E-state index in [1.54, 1.807) is 23.6 Å². The highest BCUT2D eigenvalue weighted by atomic mass is 32.2. The maximum atomic E-state index is 11.4. The number of nitriles is 1. The van der Waals surface area contributed by atoms with Crippen molar-refractivity contribution in [1.82, 2.24) is 4.57 Å². The van der Waals surface area contributed by atoms with Gasteiger partial charge in [-0.2, -0.15) is 5.26 Å². The molecule has 0 unspecified atom stereocenters. The molecule has 0 amide bonds. The summed E-state index contributed by atoms with van der Waals surface area (Å²) in [4.78, 5) is -0.00124. The van der Waals surface area contributed by atoms with E-state index < -0.39 is 10.0 Å². The monoisotopic (exact) mass is 290 g/mol. The van der Waals surface area contributed by atoms with Crippen molar-refractivity contribution >= 4 is 15.8 Å². The van der Waals surface area contributed by atoms with Gasteiger partial charge in [0.15, 0.2) is 0 Å². The Kier molecular flexibility index (Phi) is 3.29. The zero-order chi connectivity index (χ0) is 15.1. The summed E-state index contributed by atoms with van der Waals surface area (Å²) in [6.07, 6.45) is 0. The van der Waals surface area contributed by atoms with E-state index >= 15 is 0 Å². The summed E-state index contributed by atoms with van der Waals surface area (Å²) < 4.78 is 24.4. The Morgan fingerprint density at radius 3 is 2.45 bits per heavy atom. The van der Waals surface area contributed by atoms with Crippen LogP contribution in [0.1, 0.15) is 16.8 Å². The quantitative estimate of drug-likeness (QED) is 0.864. The summed E-state index contributed by atoms with van der Waals surface area (Å²) in [5, 5.41) is 14.2. The fraction of sp³-hybridized carbons (Fsp3) is 0.154. The summed E-state index contributed by atoms with van der Waals surface area (Å²) in [5.41, 5.74) is 8.46. The number of nitrogens with zero attached hydrogens (tertiary/aromatic N) is 2. The third-order valence-corrected chi connectivity index (χ3v) is 4.18. The second kappa shape index (κ2) is 4.67. The van der Waals surface area contributed by atoms with Crippen LogP contribution in [0.4, 0.5) is 5.82 Å². The molecule has 6 nitrogen and oxygen atoms in total. The molecule has 0 saturated heterocycles. The topological polar surface area (TPSA) is 115 Å². The smallest absolute Gasteiger partial charge is 0.238 e. The third-order valence-electron chi connectivity index (χ3n) is 3.27. The summed E-state index contributed by atoms with van der Waals surface area (Å²) in [6.45, 7) is 3.61. The fourth-order valence-corrected chi connectivity index (χ4v) is 2.66. The molecule has 0 saturated carbocycles. The van der Waals surface area contributed by atoms with Crippen LogP contribution in [0.15, 0.2) is 29.2 Å². The van der Waals surface area contributed by atoms with E-state index in [1.165, 1.54) is 12.1 Å².